The van der Waals surface area contributed by atoms with Crippen LogP contribution in [0.2, 0.25) is 0 Å². The molecule has 0 heterocycles. The van der Waals surface area contributed by atoms with Crippen LogP contribution < -0.4 is 9.46 Å². The van der Waals surface area contributed by atoms with E-state index in [1.807, 2.05) is 19.1 Å². The molecule has 1 fully saturated rings. The Morgan fingerprint density at radius 1 is 1.11 bits per heavy atom. The third-order valence-electron chi connectivity index (χ3n) is 5.10. The van der Waals surface area contributed by atoms with Gasteiger partial charge in [0.1, 0.15) is 5.75 Å². The van der Waals surface area contributed by atoms with Gasteiger partial charge in [0.2, 0.25) is 10.0 Å². The van der Waals surface area contributed by atoms with Crippen LogP contribution in [0.4, 0.5) is 0 Å². The van der Waals surface area contributed by atoms with E-state index < -0.39 is 22.1 Å². The predicted molar refractivity (Wildman–Crippen MR) is 109 cm³/mol. The van der Waals surface area contributed by atoms with Gasteiger partial charge in [0.05, 0.1) is 23.6 Å². The number of nitrogens with zero attached hydrogens (tertiary/aromatic N) is 1. The maximum absolute atomic E-state index is 12.9. The van der Waals surface area contributed by atoms with Gasteiger partial charge in [0.15, 0.2) is 12.3 Å². The van der Waals surface area contributed by atoms with Gasteiger partial charge in [-0.2, -0.15) is 0 Å². The number of hydrogen-bond donors (Lipinski definition) is 1. The van der Waals surface area contributed by atoms with E-state index >= 15 is 0 Å². The van der Waals surface area contributed by atoms with E-state index in [-0.39, 0.29) is 4.90 Å². The highest BCUT2D eigenvalue weighted by atomic mass is 32.2. The van der Waals surface area contributed by atoms with Crippen LogP contribution in [0.25, 0.3) is 0 Å². The molecular weight excluding hydrogens is 376 g/mol. The number of rotatable bonds is 6. The van der Waals surface area contributed by atoms with Gasteiger partial charge in [-0.05, 0) is 44.0 Å². The van der Waals surface area contributed by atoms with Crippen LogP contribution in [0, 0.1) is 12.1 Å². The first-order valence-corrected chi connectivity index (χ1v) is 10.9. The number of hydrogen-bond acceptors (Lipinski definition) is 4. The van der Waals surface area contributed by atoms with Crippen LogP contribution in [0.15, 0.2) is 53.4 Å². The van der Waals surface area contributed by atoms with Gasteiger partial charge in [-0.3, -0.25) is 0 Å². The molecule has 28 heavy (non-hydrogen) atoms. The van der Waals surface area contributed by atoms with Crippen molar-refractivity contribution in [3.63, 3.8) is 0 Å². The lowest BCUT2D eigenvalue weighted by Gasteiger charge is -2.30. The summed E-state index contributed by atoms with van der Waals surface area (Å²) in [5.41, 5.74) is 1.66. The molecule has 0 unspecified atom stereocenters. The molecule has 0 aromatic heterocycles. The minimum Gasteiger partial charge on any atom is -0.624 e. The summed E-state index contributed by atoms with van der Waals surface area (Å²) in [4.78, 5) is 0.216. The van der Waals surface area contributed by atoms with E-state index in [1.165, 1.54) is 6.21 Å². The van der Waals surface area contributed by atoms with Crippen LogP contribution in [0.5, 0.6) is 5.75 Å². The predicted octanol–water partition coefficient (Wildman–Crippen LogP) is 3.22. The molecule has 2 atom stereocenters. The van der Waals surface area contributed by atoms with Crippen molar-refractivity contribution in [3.8, 4) is 5.75 Å². The van der Waals surface area contributed by atoms with Crippen LogP contribution in [-0.4, -0.2) is 38.6 Å². The summed E-state index contributed by atoms with van der Waals surface area (Å²) >= 11 is 0. The fourth-order valence-electron chi connectivity index (χ4n) is 3.54. The Morgan fingerprint density at radius 2 is 1.79 bits per heavy atom. The number of hydroxylamine groups is 1. The normalized spacial score (nSPS) is 20.7. The monoisotopic (exact) mass is 402 g/mol. The summed E-state index contributed by atoms with van der Waals surface area (Å²) in [7, 11) is -2.13. The number of nitrogens with one attached hydrogen (secondary N) is 1. The molecule has 1 N–H and O–H groups in total. The first-order valence-electron chi connectivity index (χ1n) is 9.43. The largest absolute Gasteiger partial charge is 0.624 e. The molecule has 1 saturated carbocycles. The minimum absolute atomic E-state index is 0.216. The van der Waals surface area contributed by atoms with Gasteiger partial charge < -0.3 is 9.94 Å². The second kappa shape index (κ2) is 8.75. The first kappa shape index (κ1) is 20.4. The first-order chi connectivity index (χ1) is 13.4. The number of para-hydroxylation sites is 1. The van der Waals surface area contributed by atoms with Gasteiger partial charge in [0, 0.05) is 6.42 Å². The van der Waals surface area contributed by atoms with E-state index in [0.717, 1.165) is 23.1 Å². The lowest BCUT2D eigenvalue weighted by atomic mass is 9.91. The van der Waals surface area contributed by atoms with Crippen molar-refractivity contribution >= 4 is 16.2 Å². The Kier molecular flexibility index (Phi) is 6.36. The summed E-state index contributed by atoms with van der Waals surface area (Å²) in [6.45, 7) is 1.91. The van der Waals surface area contributed by atoms with Crippen molar-refractivity contribution in [3.05, 3.63) is 64.9 Å². The molecule has 1 aliphatic rings. The maximum atomic E-state index is 12.9. The molecule has 0 radical (unpaired) electrons. The number of sulfonamides is 1. The van der Waals surface area contributed by atoms with Gasteiger partial charge in [-0.25, -0.2) is 17.9 Å². The highest BCUT2D eigenvalue weighted by Crippen LogP contribution is 2.24. The van der Waals surface area contributed by atoms with Crippen molar-refractivity contribution in [2.45, 2.75) is 49.6 Å². The zero-order chi connectivity index (χ0) is 20.1. The van der Waals surface area contributed by atoms with Crippen molar-refractivity contribution in [1.82, 2.24) is 4.72 Å². The van der Waals surface area contributed by atoms with Gasteiger partial charge >= 0.3 is 0 Å². The molecule has 1 aliphatic carbocycles. The number of aryl methyl sites for hydroxylation is 1. The molecule has 0 amide bonds. The van der Waals surface area contributed by atoms with Crippen molar-refractivity contribution in [2.75, 3.05) is 7.11 Å². The summed E-state index contributed by atoms with van der Waals surface area (Å²) < 4.78 is 34.5. The average molecular weight is 403 g/mol. The maximum Gasteiger partial charge on any atom is 0.241 e. The van der Waals surface area contributed by atoms with E-state index in [0.29, 0.717) is 24.2 Å². The lowest BCUT2D eigenvalue weighted by molar-refractivity contribution is -0.504. The molecule has 150 valence electrons. The zero-order valence-corrected chi connectivity index (χ0v) is 17.0. The Hall–Kier alpha value is -2.38. The van der Waals surface area contributed by atoms with Gasteiger partial charge in [-0.15, -0.1) is 0 Å². The smallest absolute Gasteiger partial charge is 0.241 e. The SMILES string of the molecule is COc1ccccc1/C=[N+](\[O-])[C@@H]1CCCC[C@H]1NS(=O)(=O)c1ccc(C)cc1. The molecule has 0 spiro atoms. The van der Waals surface area contributed by atoms with E-state index in [9.17, 15) is 13.6 Å². The third kappa shape index (κ3) is 4.72. The summed E-state index contributed by atoms with van der Waals surface area (Å²) in [5.74, 6) is 0.607. The summed E-state index contributed by atoms with van der Waals surface area (Å²) in [5, 5.41) is 12.9. The average Bonchev–Trinajstić information content (AvgIpc) is 2.69. The summed E-state index contributed by atoms with van der Waals surface area (Å²) in [6.07, 6.45) is 4.54. The Balaban J connectivity index is 1.84. The zero-order valence-electron chi connectivity index (χ0n) is 16.2. The number of methoxy groups -OCH3 is 1. The molecule has 3 rings (SSSR count). The van der Waals surface area contributed by atoms with E-state index in [2.05, 4.69) is 4.72 Å². The Bertz CT molecular complexity index is 939. The lowest BCUT2D eigenvalue weighted by Crippen LogP contribution is -2.49. The van der Waals surface area contributed by atoms with Crippen molar-refractivity contribution in [2.24, 2.45) is 0 Å². The quantitative estimate of drug-likeness (QED) is 0.348. The molecule has 0 bridgehead atoms. The van der Waals surface area contributed by atoms with Crippen LogP contribution in [-0.2, 0) is 10.0 Å². The fourth-order valence-corrected chi connectivity index (χ4v) is 4.85. The third-order valence-corrected chi connectivity index (χ3v) is 6.61. The molecule has 0 saturated heterocycles. The summed E-state index contributed by atoms with van der Waals surface area (Å²) in [6, 6.07) is 13.1. The molecular formula is C21H26N2O4S. The standard InChI is InChI=1S/C21H26N2O4S/c1-16-11-13-18(14-12-16)28(25,26)22-19-8-4-5-9-20(19)23(24)15-17-7-3-6-10-21(17)27-2/h3,6-7,10-15,19-20,22H,4-5,8-9H2,1-2H3/b23-15-/t19-,20-/m1/s1. The fraction of sp³-hybridized carbons (Fsp3) is 0.381. The molecule has 7 heteroatoms. The molecule has 2 aromatic rings. The van der Waals surface area contributed by atoms with Crippen LogP contribution in [0.3, 0.4) is 0 Å². The molecule has 0 aliphatic heterocycles. The Labute approximate surface area is 166 Å². The van der Waals surface area contributed by atoms with E-state index in [4.69, 9.17) is 4.74 Å². The van der Waals surface area contributed by atoms with Gasteiger partial charge in [0.25, 0.3) is 0 Å². The van der Waals surface area contributed by atoms with Crippen molar-refractivity contribution < 1.29 is 17.9 Å². The van der Waals surface area contributed by atoms with Gasteiger partial charge in [-0.1, -0.05) is 36.2 Å². The topological polar surface area (TPSA) is 81.5 Å². The second-order valence-electron chi connectivity index (χ2n) is 7.12. The second-order valence-corrected chi connectivity index (χ2v) is 8.84. The molecule has 6 nitrogen and oxygen atoms in total. The molecule has 2 aromatic carbocycles. The highest BCUT2D eigenvalue weighted by molar-refractivity contribution is 7.89. The van der Waals surface area contributed by atoms with Crippen LogP contribution in [0.1, 0.15) is 36.8 Å². The van der Waals surface area contributed by atoms with E-state index in [1.54, 1.807) is 43.5 Å². The highest BCUT2D eigenvalue weighted by Gasteiger charge is 2.34. The minimum atomic E-state index is -3.68. The number of benzene rings is 2. The van der Waals surface area contributed by atoms with Crippen LogP contribution >= 0.6 is 0 Å². The number of ether oxygens (including phenoxy) is 1. The Morgan fingerprint density at radius 3 is 2.50 bits per heavy atom. The van der Waals surface area contributed by atoms with Crippen molar-refractivity contribution in [1.29, 1.82) is 0 Å².